The van der Waals surface area contributed by atoms with Crippen LogP contribution in [0.15, 0.2) is 47.0 Å². The fourth-order valence-electron chi connectivity index (χ4n) is 1.63. The molecule has 118 valence electrons. The van der Waals surface area contributed by atoms with Crippen LogP contribution < -0.4 is 9.47 Å². The largest absolute Gasteiger partial charge is 0.489 e. The number of nitriles is 1. The minimum atomic E-state index is 0.114. The van der Waals surface area contributed by atoms with E-state index < -0.39 is 0 Å². The number of hydrogen-bond acceptors (Lipinski definition) is 3. The number of ether oxygens (including phenoxy) is 2. The van der Waals surface area contributed by atoms with Crippen molar-refractivity contribution in [2.75, 3.05) is 6.61 Å². The van der Waals surface area contributed by atoms with Crippen molar-refractivity contribution in [1.82, 2.24) is 0 Å². The molecular formula is C16H9Cl4NO2. The molecule has 0 atom stereocenters. The highest BCUT2D eigenvalue weighted by Gasteiger charge is 2.12. The van der Waals surface area contributed by atoms with Crippen molar-refractivity contribution >= 4 is 46.4 Å². The minimum absolute atomic E-state index is 0.114. The average molecular weight is 389 g/mol. The Morgan fingerprint density at radius 1 is 1.04 bits per heavy atom. The van der Waals surface area contributed by atoms with Gasteiger partial charge in [-0.2, -0.15) is 5.26 Å². The summed E-state index contributed by atoms with van der Waals surface area (Å²) in [5.74, 6) is 1.27. The van der Waals surface area contributed by atoms with E-state index in [-0.39, 0.29) is 21.1 Å². The van der Waals surface area contributed by atoms with E-state index in [0.29, 0.717) is 22.8 Å². The fourth-order valence-corrected chi connectivity index (χ4v) is 2.30. The van der Waals surface area contributed by atoms with Crippen LogP contribution in [0.1, 0.15) is 5.56 Å². The summed E-state index contributed by atoms with van der Waals surface area (Å²) in [7, 11) is 0. The Balaban J connectivity index is 2.16. The Hall–Kier alpha value is -1.57. The monoisotopic (exact) mass is 387 g/mol. The van der Waals surface area contributed by atoms with E-state index in [0.717, 1.165) is 0 Å². The lowest BCUT2D eigenvalue weighted by Crippen LogP contribution is -1.95. The van der Waals surface area contributed by atoms with E-state index in [2.05, 4.69) is 0 Å². The Kier molecular flexibility index (Phi) is 6.44. The van der Waals surface area contributed by atoms with Gasteiger partial charge >= 0.3 is 0 Å². The summed E-state index contributed by atoms with van der Waals surface area (Å²) in [5, 5.41) is 9.35. The molecule has 2 aromatic rings. The van der Waals surface area contributed by atoms with E-state index in [1.165, 1.54) is 6.08 Å². The molecule has 0 bridgehead atoms. The summed E-state index contributed by atoms with van der Waals surface area (Å²) in [6.45, 7) is 0.185. The van der Waals surface area contributed by atoms with Crippen LogP contribution in [-0.4, -0.2) is 6.61 Å². The maximum absolute atomic E-state index is 8.77. The third kappa shape index (κ3) is 5.23. The van der Waals surface area contributed by atoms with Crippen molar-refractivity contribution in [3.63, 3.8) is 0 Å². The SMILES string of the molecule is N#Cc1ccc(Oc2c(Cl)cc(OCC=C(Cl)Cl)cc2Cl)cc1. The smallest absolute Gasteiger partial charge is 0.164 e. The Morgan fingerprint density at radius 2 is 1.65 bits per heavy atom. The zero-order valence-corrected chi connectivity index (χ0v) is 14.5. The topological polar surface area (TPSA) is 42.2 Å². The van der Waals surface area contributed by atoms with E-state index in [1.54, 1.807) is 36.4 Å². The van der Waals surface area contributed by atoms with Gasteiger partial charge in [-0.25, -0.2) is 0 Å². The predicted octanol–water partition coefficient (Wildman–Crippen LogP) is 6.36. The number of rotatable bonds is 5. The maximum Gasteiger partial charge on any atom is 0.164 e. The first-order chi connectivity index (χ1) is 11.0. The van der Waals surface area contributed by atoms with E-state index in [1.807, 2.05) is 6.07 Å². The van der Waals surface area contributed by atoms with Gasteiger partial charge in [0.25, 0.3) is 0 Å². The van der Waals surface area contributed by atoms with E-state index in [9.17, 15) is 0 Å². The van der Waals surface area contributed by atoms with Gasteiger partial charge in [-0.05, 0) is 30.3 Å². The third-order valence-electron chi connectivity index (χ3n) is 2.66. The lowest BCUT2D eigenvalue weighted by molar-refractivity contribution is 0.362. The van der Waals surface area contributed by atoms with Gasteiger partial charge in [0.05, 0.1) is 21.7 Å². The maximum atomic E-state index is 8.77. The summed E-state index contributed by atoms with van der Waals surface area (Å²) in [5.41, 5.74) is 0.532. The van der Waals surface area contributed by atoms with Gasteiger partial charge in [0.15, 0.2) is 5.75 Å². The first kappa shape index (κ1) is 17.8. The summed E-state index contributed by atoms with van der Waals surface area (Å²) in [6, 6.07) is 11.8. The molecule has 0 aliphatic rings. The first-order valence-corrected chi connectivity index (χ1v) is 7.82. The molecule has 0 heterocycles. The van der Waals surface area contributed by atoms with Crippen molar-refractivity contribution < 1.29 is 9.47 Å². The van der Waals surface area contributed by atoms with E-state index in [4.69, 9.17) is 61.1 Å². The fraction of sp³-hybridized carbons (Fsp3) is 0.0625. The van der Waals surface area contributed by atoms with Gasteiger partial charge in [-0.3, -0.25) is 0 Å². The molecule has 0 radical (unpaired) electrons. The molecule has 0 fully saturated rings. The van der Waals surface area contributed by atoms with Crippen molar-refractivity contribution in [2.45, 2.75) is 0 Å². The summed E-state index contributed by atoms with van der Waals surface area (Å²) < 4.78 is 11.2. The van der Waals surface area contributed by atoms with Crippen LogP contribution >= 0.6 is 46.4 Å². The molecule has 23 heavy (non-hydrogen) atoms. The second-order valence-corrected chi connectivity index (χ2v) is 6.08. The molecule has 0 amide bonds. The number of halogens is 4. The molecule has 0 unspecified atom stereocenters. The molecule has 0 N–H and O–H groups in total. The van der Waals surface area contributed by atoms with Gasteiger partial charge in [0.2, 0.25) is 0 Å². The molecule has 7 heteroatoms. The van der Waals surface area contributed by atoms with E-state index >= 15 is 0 Å². The second-order valence-electron chi connectivity index (χ2n) is 4.26. The zero-order chi connectivity index (χ0) is 16.8. The third-order valence-corrected chi connectivity index (χ3v) is 3.53. The quantitative estimate of drug-likeness (QED) is 0.598. The predicted molar refractivity (Wildman–Crippen MR) is 93.0 cm³/mol. The highest BCUT2D eigenvalue weighted by molar-refractivity contribution is 6.55. The van der Waals surface area contributed by atoms with Crippen LogP contribution in [0.4, 0.5) is 0 Å². The molecule has 3 nitrogen and oxygen atoms in total. The number of hydrogen-bond donors (Lipinski definition) is 0. The molecule has 0 saturated heterocycles. The standard InChI is InChI=1S/C16H9Cl4NO2/c17-13-7-12(22-6-5-15(19)20)8-14(18)16(13)23-11-3-1-10(9-21)2-4-11/h1-5,7-8H,6H2. The van der Waals surface area contributed by atoms with Crippen LogP contribution in [0.25, 0.3) is 0 Å². The molecule has 0 aliphatic carbocycles. The van der Waals surface area contributed by atoms with Gasteiger partial charge in [-0.1, -0.05) is 46.4 Å². The van der Waals surface area contributed by atoms with Crippen molar-refractivity contribution in [1.29, 1.82) is 5.26 Å². The molecule has 0 aliphatic heterocycles. The molecule has 0 aromatic heterocycles. The zero-order valence-electron chi connectivity index (χ0n) is 11.5. The minimum Gasteiger partial charge on any atom is -0.489 e. The van der Waals surface area contributed by atoms with Crippen molar-refractivity contribution in [2.24, 2.45) is 0 Å². The summed E-state index contributed by atoms with van der Waals surface area (Å²) >= 11 is 23.3. The van der Waals surface area contributed by atoms with Gasteiger partial charge < -0.3 is 9.47 Å². The lowest BCUT2D eigenvalue weighted by atomic mass is 10.2. The number of benzene rings is 2. The van der Waals surface area contributed by atoms with Crippen LogP contribution in [0, 0.1) is 11.3 Å². The normalized spacial score (nSPS) is 9.87. The van der Waals surface area contributed by atoms with Crippen molar-refractivity contribution in [3.8, 4) is 23.3 Å². The second kappa shape index (κ2) is 8.33. The highest BCUT2D eigenvalue weighted by atomic mass is 35.5. The molecule has 0 saturated carbocycles. The Bertz CT molecular complexity index is 740. The molecule has 2 aromatic carbocycles. The summed E-state index contributed by atoms with van der Waals surface area (Å²) in [4.78, 5) is 0. The molecule has 2 rings (SSSR count). The van der Waals surface area contributed by atoms with Crippen LogP contribution in [-0.2, 0) is 0 Å². The molecule has 0 spiro atoms. The first-order valence-electron chi connectivity index (χ1n) is 6.30. The van der Waals surface area contributed by atoms with Crippen LogP contribution in [0.3, 0.4) is 0 Å². The van der Waals surface area contributed by atoms with Crippen LogP contribution in [0.5, 0.6) is 17.2 Å². The van der Waals surface area contributed by atoms with Gasteiger partial charge in [0, 0.05) is 12.1 Å². The van der Waals surface area contributed by atoms with Gasteiger partial charge in [-0.15, -0.1) is 0 Å². The van der Waals surface area contributed by atoms with Crippen molar-refractivity contribution in [3.05, 3.63) is 62.6 Å². The highest BCUT2D eigenvalue weighted by Crippen LogP contribution is 2.39. The average Bonchev–Trinajstić information content (AvgIpc) is 2.51. The Morgan fingerprint density at radius 3 is 2.17 bits per heavy atom. The summed E-state index contributed by atoms with van der Waals surface area (Å²) in [6.07, 6.45) is 1.49. The Labute approximate surface area is 153 Å². The molecular weight excluding hydrogens is 380 g/mol. The lowest BCUT2D eigenvalue weighted by Gasteiger charge is -2.12. The van der Waals surface area contributed by atoms with Gasteiger partial charge in [0.1, 0.15) is 22.6 Å². The van der Waals surface area contributed by atoms with Crippen LogP contribution in [0.2, 0.25) is 10.0 Å². The number of nitrogens with zero attached hydrogens (tertiary/aromatic N) is 1.